The van der Waals surface area contributed by atoms with E-state index in [-0.39, 0.29) is 48.2 Å². The van der Waals surface area contributed by atoms with Crippen LogP contribution in [0.1, 0.15) is 41.3 Å². The van der Waals surface area contributed by atoms with Crippen molar-refractivity contribution in [3.8, 4) is 0 Å². The minimum Gasteiger partial charge on any atom is -0.357 e. The minimum atomic E-state index is -3.91. The summed E-state index contributed by atoms with van der Waals surface area (Å²) in [5, 5.41) is 2.56. The second kappa shape index (κ2) is 9.52. The molecule has 0 saturated carbocycles. The standard InChI is InChI=1S/C23H27N3O5S/c1-16-10-12-18(13-11-16)15-25(17(2)22(28)24-3)21(27)9-6-14-26-23(29)19-7-4-5-8-20(19)32(26,30)31/h4-5,7-8,10-13,17H,6,9,14-15H2,1-3H3,(H,24,28). The molecular weight excluding hydrogens is 430 g/mol. The van der Waals surface area contributed by atoms with Gasteiger partial charge in [0.25, 0.3) is 15.9 Å². The van der Waals surface area contributed by atoms with Gasteiger partial charge in [-0.05, 0) is 38.0 Å². The van der Waals surface area contributed by atoms with Crippen LogP contribution < -0.4 is 5.32 Å². The molecule has 32 heavy (non-hydrogen) atoms. The van der Waals surface area contributed by atoms with Gasteiger partial charge in [-0.2, -0.15) is 0 Å². The molecule has 2 aromatic carbocycles. The minimum absolute atomic E-state index is 0.00282. The average Bonchev–Trinajstić information content (AvgIpc) is 2.98. The van der Waals surface area contributed by atoms with Gasteiger partial charge in [0, 0.05) is 26.6 Å². The van der Waals surface area contributed by atoms with Crippen molar-refractivity contribution in [2.45, 2.75) is 44.2 Å². The van der Waals surface area contributed by atoms with Crippen molar-refractivity contribution in [3.63, 3.8) is 0 Å². The number of likely N-dealkylation sites (N-methyl/N-ethyl adjacent to an activating group) is 1. The third-order valence-electron chi connectivity index (χ3n) is 5.55. The van der Waals surface area contributed by atoms with Crippen molar-refractivity contribution in [1.82, 2.24) is 14.5 Å². The summed E-state index contributed by atoms with van der Waals surface area (Å²) in [6.07, 6.45) is 0.158. The molecule has 1 atom stereocenters. The second-order valence-electron chi connectivity index (χ2n) is 7.78. The number of carbonyl (C=O) groups excluding carboxylic acids is 3. The van der Waals surface area contributed by atoms with Crippen LogP contribution in [0.15, 0.2) is 53.4 Å². The number of hydrogen-bond donors (Lipinski definition) is 1. The maximum absolute atomic E-state index is 13.0. The summed E-state index contributed by atoms with van der Waals surface area (Å²) < 4.78 is 26.1. The van der Waals surface area contributed by atoms with Crippen molar-refractivity contribution in [3.05, 3.63) is 65.2 Å². The highest BCUT2D eigenvalue weighted by Crippen LogP contribution is 2.30. The van der Waals surface area contributed by atoms with Gasteiger partial charge in [0.05, 0.1) is 5.56 Å². The maximum atomic E-state index is 13.0. The summed E-state index contributed by atoms with van der Waals surface area (Å²) in [6.45, 7) is 3.76. The lowest BCUT2D eigenvalue weighted by atomic mass is 10.1. The molecule has 1 aliphatic rings. The largest absolute Gasteiger partial charge is 0.357 e. The zero-order valence-electron chi connectivity index (χ0n) is 18.4. The zero-order chi connectivity index (χ0) is 23.5. The molecule has 0 bridgehead atoms. The normalized spacial score (nSPS) is 15.2. The Morgan fingerprint density at radius 1 is 1.09 bits per heavy atom. The van der Waals surface area contributed by atoms with Gasteiger partial charge in [0.15, 0.2) is 0 Å². The first kappa shape index (κ1) is 23.5. The fraction of sp³-hybridized carbons (Fsp3) is 0.348. The Morgan fingerprint density at radius 2 is 1.75 bits per heavy atom. The first-order valence-electron chi connectivity index (χ1n) is 10.4. The summed E-state index contributed by atoms with van der Waals surface area (Å²) >= 11 is 0. The van der Waals surface area contributed by atoms with Gasteiger partial charge in [-0.3, -0.25) is 14.4 Å². The monoisotopic (exact) mass is 457 g/mol. The van der Waals surface area contributed by atoms with Gasteiger partial charge in [-0.1, -0.05) is 42.0 Å². The first-order valence-corrected chi connectivity index (χ1v) is 11.8. The number of amides is 3. The van der Waals surface area contributed by atoms with Crippen LogP contribution >= 0.6 is 0 Å². The molecule has 0 saturated heterocycles. The lowest BCUT2D eigenvalue weighted by Crippen LogP contribution is -2.46. The van der Waals surface area contributed by atoms with Crippen molar-refractivity contribution in [1.29, 1.82) is 0 Å². The zero-order valence-corrected chi connectivity index (χ0v) is 19.2. The van der Waals surface area contributed by atoms with Crippen LogP contribution in [0.2, 0.25) is 0 Å². The number of rotatable bonds is 8. The molecule has 0 aliphatic carbocycles. The Morgan fingerprint density at radius 3 is 2.38 bits per heavy atom. The molecular formula is C23H27N3O5S. The molecule has 170 valence electrons. The molecule has 3 amide bonds. The Labute approximate surface area is 188 Å². The lowest BCUT2D eigenvalue weighted by Gasteiger charge is -2.28. The van der Waals surface area contributed by atoms with Gasteiger partial charge in [-0.15, -0.1) is 0 Å². The number of sulfonamides is 1. The Bertz CT molecular complexity index is 1130. The highest BCUT2D eigenvalue weighted by molar-refractivity contribution is 7.90. The van der Waals surface area contributed by atoms with Crippen molar-refractivity contribution in [2.75, 3.05) is 13.6 Å². The number of aryl methyl sites for hydroxylation is 1. The molecule has 1 aliphatic heterocycles. The Hall–Kier alpha value is -3.20. The van der Waals surface area contributed by atoms with Gasteiger partial charge < -0.3 is 10.2 Å². The van der Waals surface area contributed by atoms with Crippen LogP contribution in [0.4, 0.5) is 0 Å². The quantitative estimate of drug-likeness (QED) is 0.654. The van der Waals surface area contributed by atoms with Gasteiger partial charge in [0.2, 0.25) is 11.8 Å². The third kappa shape index (κ3) is 4.67. The highest BCUT2D eigenvalue weighted by atomic mass is 32.2. The van der Waals surface area contributed by atoms with Crippen LogP contribution in [0, 0.1) is 6.92 Å². The van der Waals surface area contributed by atoms with E-state index in [9.17, 15) is 22.8 Å². The number of hydrogen-bond acceptors (Lipinski definition) is 5. The number of nitrogens with zero attached hydrogens (tertiary/aromatic N) is 2. The Kier molecular flexibility index (Phi) is 6.98. The van der Waals surface area contributed by atoms with E-state index in [1.807, 2.05) is 31.2 Å². The van der Waals surface area contributed by atoms with E-state index in [1.54, 1.807) is 19.1 Å². The second-order valence-corrected chi connectivity index (χ2v) is 9.61. The molecule has 1 N–H and O–H groups in total. The topological polar surface area (TPSA) is 104 Å². The molecule has 9 heteroatoms. The molecule has 2 aromatic rings. The first-order chi connectivity index (χ1) is 15.2. The summed E-state index contributed by atoms with van der Waals surface area (Å²) in [4.78, 5) is 39.2. The SMILES string of the molecule is CNC(=O)C(C)N(Cc1ccc(C)cc1)C(=O)CCCN1C(=O)c2ccccc2S1(=O)=O. The molecule has 0 aromatic heterocycles. The highest BCUT2D eigenvalue weighted by Gasteiger charge is 2.40. The van der Waals surface area contributed by atoms with Crippen LogP contribution in [0.3, 0.4) is 0 Å². The van der Waals surface area contributed by atoms with Gasteiger partial charge in [0.1, 0.15) is 10.9 Å². The fourth-order valence-corrected chi connectivity index (χ4v) is 5.26. The number of benzene rings is 2. The smallest absolute Gasteiger partial charge is 0.269 e. The summed E-state index contributed by atoms with van der Waals surface area (Å²) in [5.74, 6) is -1.16. The van der Waals surface area contributed by atoms with E-state index in [0.29, 0.717) is 0 Å². The number of fused-ring (bicyclic) bond motifs is 1. The predicted octanol–water partition coefficient (Wildman–Crippen LogP) is 2.08. The van der Waals surface area contributed by atoms with E-state index in [4.69, 9.17) is 0 Å². The van der Waals surface area contributed by atoms with Crippen LogP contribution in [-0.2, 0) is 26.2 Å². The average molecular weight is 458 g/mol. The van der Waals surface area contributed by atoms with E-state index >= 15 is 0 Å². The Balaban J connectivity index is 1.69. The van der Waals surface area contributed by atoms with Crippen LogP contribution in [0.5, 0.6) is 0 Å². The van der Waals surface area contributed by atoms with Gasteiger partial charge in [-0.25, -0.2) is 12.7 Å². The molecule has 1 heterocycles. The van der Waals surface area contributed by atoms with Crippen LogP contribution in [0.25, 0.3) is 0 Å². The summed E-state index contributed by atoms with van der Waals surface area (Å²) in [7, 11) is -2.40. The van der Waals surface area contributed by atoms with E-state index < -0.39 is 22.0 Å². The molecule has 0 spiro atoms. The molecule has 0 radical (unpaired) electrons. The van der Waals surface area contributed by atoms with Gasteiger partial charge >= 0.3 is 0 Å². The van der Waals surface area contributed by atoms with E-state index in [0.717, 1.165) is 15.4 Å². The summed E-state index contributed by atoms with van der Waals surface area (Å²) in [6, 6.07) is 13.0. The number of carbonyl (C=O) groups is 3. The summed E-state index contributed by atoms with van der Waals surface area (Å²) in [5.41, 5.74) is 2.11. The maximum Gasteiger partial charge on any atom is 0.269 e. The van der Waals surface area contributed by atoms with Crippen molar-refractivity contribution in [2.24, 2.45) is 0 Å². The van der Waals surface area contributed by atoms with E-state index in [1.165, 1.54) is 24.1 Å². The van der Waals surface area contributed by atoms with Crippen LogP contribution in [-0.4, -0.2) is 55.0 Å². The molecule has 8 nitrogen and oxygen atoms in total. The van der Waals surface area contributed by atoms with E-state index in [2.05, 4.69) is 5.32 Å². The van der Waals surface area contributed by atoms with Crippen molar-refractivity contribution >= 4 is 27.7 Å². The van der Waals surface area contributed by atoms with Crippen molar-refractivity contribution < 1.29 is 22.8 Å². The molecule has 1 unspecified atom stereocenters. The molecule has 3 rings (SSSR count). The number of nitrogens with one attached hydrogen (secondary N) is 1. The fourth-order valence-electron chi connectivity index (χ4n) is 3.65. The third-order valence-corrected chi connectivity index (χ3v) is 7.39. The molecule has 0 fully saturated rings. The predicted molar refractivity (Wildman–Crippen MR) is 119 cm³/mol. The lowest BCUT2D eigenvalue weighted by molar-refractivity contribution is -0.140.